The van der Waals surface area contributed by atoms with Crippen LogP contribution in [-0.4, -0.2) is 23.2 Å². The highest BCUT2D eigenvalue weighted by molar-refractivity contribution is 5.63. The molecule has 0 saturated carbocycles. The van der Waals surface area contributed by atoms with E-state index in [1.54, 1.807) is 13.3 Å². The van der Waals surface area contributed by atoms with Crippen LogP contribution < -0.4 is 10.1 Å². The number of methoxy groups -OCH3 is 1. The van der Waals surface area contributed by atoms with Crippen LogP contribution in [0.1, 0.15) is 17.5 Å². The largest absolute Gasteiger partial charge is 0.496 e. The van der Waals surface area contributed by atoms with Gasteiger partial charge in [-0.25, -0.2) is 4.98 Å². The van der Waals surface area contributed by atoms with Gasteiger partial charge >= 0.3 is 0 Å². The SMILES string of the molecule is C=C(NCCCn1ccnc1)c1ccc(C)c(OC)c1. The standard InChI is InChI=1S/C16H21N3O/c1-13-5-6-15(11-16(13)20-3)14(2)18-7-4-9-19-10-8-17-12-19/h5-6,8,10-12,18H,2,4,7,9H2,1,3H3. The predicted octanol–water partition coefficient (Wildman–Crippen LogP) is 2.85. The Morgan fingerprint density at radius 2 is 2.30 bits per heavy atom. The second kappa shape index (κ2) is 6.80. The summed E-state index contributed by atoms with van der Waals surface area (Å²) in [6.07, 6.45) is 6.63. The molecule has 1 heterocycles. The average molecular weight is 271 g/mol. The lowest BCUT2D eigenvalue weighted by Crippen LogP contribution is -2.14. The lowest BCUT2D eigenvalue weighted by Gasteiger charge is -2.12. The molecule has 0 aliphatic carbocycles. The molecule has 20 heavy (non-hydrogen) atoms. The first-order chi connectivity index (χ1) is 9.70. The van der Waals surface area contributed by atoms with E-state index in [9.17, 15) is 0 Å². The third-order valence-electron chi connectivity index (χ3n) is 3.25. The molecule has 1 aromatic carbocycles. The Hall–Kier alpha value is -2.23. The molecule has 0 spiro atoms. The van der Waals surface area contributed by atoms with Crippen LogP contribution in [0.4, 0.5) is 0 Å². The maximum absolute atomic E-state index is 5.33. The molecule has 0 bridgehead atoms. The minimum atomic E-state index is 0.882. The van der Waals surface area contributed by atoms with Gasteiger partial charge in [-0.3, -0.25) is 0 Å². The Balaban J connectivity index is 1.82. The summed E-state index contributed by atoms with van der Waals surface area (Å²) in [7, 11) is 1.69. The summed E-state index contributed by atoms with van der Waals surface area (Å²) in [4.78, 5) is 4.02. The van der Waals surface area contributed by atoms with Crippen LogP contribution >= 0.6 is 0 Å². The van der Waals surface area contributed by atoms with Gasteiger partial charge in [0.25, 0.3) is 0 Å². The first-order valence-electron chi connectivity index (χ1n) is 6.74. The van der Waals surface area contributed by atoms with Crippen LogP contribution in [0.5, 0.6) is 5.75 Å². The molecule has 0 unspecified atom stereocenters. The van der Waals surface area contributed by atoms with Crippen LogP contribution in [0.15, 0.2) is 43.5 Å². The van der Waals surface area contributed by atoms with Gasteiger partial charge < -0.3 is 14.6 Å². The molecular formula is C16H21N3O. The molecule has 0 amide bonds. The van der Waals surface area contributed by atoms with Crippen molar-refractivity contribution in [3.8, 4) is 5.75 Å². The predicted molar refractivity (Wildman–Crippen MR) is 81.6 cm³/mol. The van der Waals surface area contributed by atoms with E-state index < -0.39 is 0 Å². The summed E-state index contributed by atoms with van der Waals surface area (Å²) in [5.74, 6) is 0.892. The van der Waals surface area contributed by atoms with Gasteiger partial charge in [-0.15, -0.1) is 0 Å². The van der Waals surface area contributed by atoms with E-state index in [1.807, 2.05) is 31.6 Å². The van der Waals surface area contributed by atoms with E-state index in [2.05, 4.69) is 27.5 Å². The molecule has 0 aliphatic rings. The minimum absolute atomic E-state index is 0.882. The van der Waals surface area contributed by atoms with Gasteiger partial charge in [0.2, 0.25) is 0 Å². The summed E-state index contributed by atoms with van der Waals surface area (Å²) in [6, 6.07) is 6.12. The number of rotatable bonds is 7. The fourth-order valence-electron chi connectivity index (χ4n) is 2.03. The minimum Gasteiger partial charge on any atom is -0.496 e. The second-order valence-electron chi connectivity index (χ2n) is 4.74. The fraction of sp³-hybridized carbons (Fsp3) is 0.312. The molecule has 0 fully saturated rings. The van der Waals surface area contributed by atoms with E-state index in [-0.39, 0.29) is 0 Å². The van der Waals surface area contributed by atoms with E-state index >= 15 is 0 Å². The molecule has 4 nitrogen and oxygen atoms in total. The highest BCUT2D eigenvalue weighted by Gasteiger charge is 2.03. The van der Waals surface area contributed by atoms with Gasteiger partial charge in [-0.05, 0) is 25.0 Å². The Bertz CT molecular complexity index is 561. The molecule has 0 atom stereocenters. The fourth-order valence-corrected chi connectivity index (χ4v) is 2.03. The van der Waals surface area contributed by atoms with Crippen molar-refractivity contribution in [2.24, 2.45) is 0 Å². The lowest BCUT2D eigenvalue weighted by molar-refractivity contribution is 0.411. The second-order valence-corrected chi connectivity index (χ2v) is 4.74. The number of hydrogen-bond acceptors (Lipinski definition) is 3. The van der Waals surface area contributed by atoms with Crippen molar-refractivity contribution in [1.82, 2.24) is 14.9 Å². The Labute approximate surface area is 120 Å². The van der Waals surface area contributed by atoms with Crippen LogP contribution in [0.25, 0.3) is 5.70 Å². The third kappa shape index (κ3) is 3.63. The smallest absolute Gasteiger partial charge is 0.122 e. The van der Waals surface area contributed by atoms with Crippen molar-refractivity contribution in [3.63, 3.8) is 0 Å². The zero-order valence-corrected chi connectivity index (χ0v) is 12.1. The average Bonchev–Trinajstić information content (AvgIpc) is 2.97. The Morgan fingerprint density at radius 3 is 3.00 bits per heavy atom. The van der Waals surface area contributed by atoms with Gasteiger partial charge in [0.15, 0.2) is 0 Å². The summed E-state index contributed by atoms with van der Waals surface area (Å²) in [5, 5.41) is 3.35. The van der Waals surface area contributed by atoms with Crippen LogP contribution in [0, 0.1) is 6.92 Å². The van der Waals surface area contributed by atoms with E-state index in [0.717, 1.165) is 42.1 Å². The van der Waals surface area contributed by atoms with Crippen molar-refractivity contribution in [3.05, 3.63) is 54.6 Å². The maximum atomic E-state index is 5.33. The van der Waals surface area contributed by atoms with Crippen molar-refractivity contribution < 1.29 is 4.74 Å². The van der Waals surface area contributed by atoms with Gasteiger partial charge in [-0.2, -0.15) is 0 Å². The molecule has 2 aromatic rings. The number of benzene rings is 1. The van der Waals surface area contributed by atoms with Crippen molar-refractivity contribution in [2.45, 2.75) is 19.9 Å². The monoisotopic (exact) mass is 271 g/mol. The summed E-state index contributed by atoms with van der Waals surface area (Å²) in [6.45, 7) is 7.95. The van der Waals surface area contributed by atoms with Crippen LogP contribution in [0.2, 0.25) is 0 Å². The number of hydrogen-bond donors (Lipinski definition) is 1. The first kappa shape index (κ1) is 14.2. The van der Waals surface area contributed by atoms with Gasteiger partial charge in [0.1, 0.15) is 5.75 Å². The zero-order valence-electron chi connectivity index (χ0n) is 12.1. The molecule has 1 aromatic heterocycles. The third-order valence-corrected chi connectivity index (χ3v) is 3.25. The number of nitrogens with one attached hydrogen (secondary N) is 1. The highest BCUT2D eigenvalue weighted by atomic mass is 16.5. The first-order valence-corrected chi connectivity index (χ1v) is 6.74. The normalized spacial score (nSPS) is 10.3. The summed E-state index contributed by atoms with van der Waals surface area (Å²) >= 11 is 0. The molecule has 0 radical (unpaired) electrons. The molecule has 4 heteroatoms. The number of ether oxygens (including phenoxy) is 1. The van der Waals surface area contributed by atoms with Crippen molar-refractivity contribution in [1.29, 1.82) is 0 Å². The van der Waals surface area contributed by atoms with Crippen molar-refractivity contribution in [2.75, 3.05) is 13.7 Å². The molecule has 0 saturated heterocycles. The van der Waals surface area contributed by atoms with Crippen LogP contribution in [0.3, 0.4) is 0 Å². The van der Waals surface area contributed by atoms with E-state index in [4.69, 9.17) is 4.74 Å². The van der Waals surface area contributed by atoms with E-state index in [0.29, 0.717) is 0 Å². The number of aryl methyl sites for hydroxylation is 2. The summed E-state index contributed by atoms with van der Waals surface area (Å²) in [5.41, 5.74) is 3.12. The van der Waals surface area contributed by atoms with Gasteiger partial charge in [-0.1, -0.05) is 18.7 Å². The number of nitrogens with zero attached hydrogens (tertiary/aromatic N) is 2. The number of aromatic nitrogens is 2. The quantitative estimate of drug-likeness (QED) is 0.787. The molecule has 1 N–H and O–H groups in total. The molecule has 106 valence electrons. The van der Waals surface area contributed by atoms with E-state index in [1.165, 1.54) is 0 Å². The maximum Gasteiger partial charge on any atom is 0.122 e. The Morgan fingerprint density at radius 1 is 1.45 bits per heavy atom. The highest BCUT2D eigenvalue weighted by Crippen LogP contribution is 2.21. The van der Waals surface area contributed by atoms with Gasteiger partial charge in [0, 0.05) is 36.7 Å². The molecule has 0 aliphatic heterocycles. The van der Waals surface area contributed by atoms with Crippen molar-refractivity contribution >= 4 is 5.70 Å². The zero-order chi connectivity index (χ0) is 14.4. The Kier molecular flexibility index (Phi) is 4.82. The molecular weight excluding hydrogens is 250 g/mol. The number of imidazole rings is 1. The van der Waals surface area contributed by atoms with Crippen LogP contribution in [-0.2, 0) is 6.54 Å². The van der Waals surface area contributed by atoms with Gasteiger partial charge in [0.05, 0.1) is 13.4 Å². The summed E-state index contributed by atoms with van der Waals surface area (Å²) < 4.78 is 7.40. The molecule has 2 rings (SSSR count). The topological polar surface area (TPSA) is 39.1 Å². The lowest BCUT2D eigenvalue weighted by atomic mass is 10.1.